The molecular formula is C16H20N2O2. The first-order valence-electron chi connectivity index (χ1n) is 7.04. The number of ether oxygens (including phenoxy) is 1. The van der Waals surface area contributed by atoms with E-state index in [9.17, 15) is 4.79 Å². The van der Waals surface area contributed by atoms with Gasteiger partial charge in [0, 0.05) is 18.1 Å². The molecule has 0 aliphatic carbocycles. The molecule has 0 bridgehead atoms. The predicted molar refractivity (Wildman–Crippen MR) is 81.2 cm³/mol. The van der Waals surface area contributed by atoms with Crippen LogP contribution >= 0.6 is 0 Å². The lowest BCUT2D eigenvalue weighted by Crippen LogP contribution is -2.11. The van der Waals surface area contributed by atoms with Gasteiger partial charge in [0.05, 0.1) is 17.8 Å². The summed E-state index contributed by atoms with van der Waals surface area (Å²) in [6.07, 6.45) is 2.52. The molecule has 1 aromatic heterocycles. The first-order valence-corrected chi connectivity index (χ1v) is 7.04. The Bertz CT molecular complexity index is 623. The number of nitrogens with one attached hydrogen (secondary N) is 1. The molecule has 0 saturated carbocycles. The van der Waals surface area contributed by atoms with E-state index in [-0.39, 0.29) is 5.97 Å². The summed E-state index contributed by atoms with van der Waals surface area (Å²) in [5.41, 5.74) is 3.43. The van der Waals surface area contributed by atoms with E-state index in [1.807, 2.05) is 19.1 Å². The SMILES string of the molecule is CCNc1c(C(=O)OCC)cnc2c(CC)cccc12. The molecule has 0 aliphatic rings. The topological polar surface area (TPSA) is 51.2 Å². The van der Waals surface area contributed by atoms with E-state index >= 15 is 0 Å². The highest BCUT2D eigenvalue weighted by Gasteiger charge is 2.16. The van der Waals surface area contributed by atoms with E-state index < -0.39 is 0 Å². The van der Waals surface area contributed by atoms with E-state index in [1.54, 1.807) is 13.1 Å². The van der Waals surface area contributed by atoms with Crippen molar-refractivity contribution in [2.75, 3.05) is 18.5 Å². The number of aromatic nitrogens is 1. The number of para-hydroxylation sites is 1. The number of anilines is 1. The fourth-order valence-electron chi connectivity index (χ4n) is 2.30. The minimum Gasteiger partial charge on any atom is -0.462 e. The fourth-order valence-corrected chi connectivity index (χ4v) is 2.30. The first kappa shape index (κ1) is 14.3. The van der Waals surface area contributed by atoms with Gasteiger partial charge < -0.3 is 10.1 Å². The average Bonchev–Trinajstić information content (AvgIpc) is 2.47. The van der Waals surface area contributed by atoms with Gasteiger partial charge in [-0.2, -0.15) is 0 Å². The summed E-state index contributed by atoms with van der Waals surface area (Å²) >= 11 is 0. The normalized spacial score (nSPS) is 10.6. The van der Waals surface area contributed by atoms with Gasteiger partial charge in [0.1, 0.15) is 5.56 Å². The van der Waals surface area contributed by atoms with Crippen molar-refractivity contribution in [1.82, 2.24) is 4.98 Å². The Balaban J connectivity index is 2.65. The van der Waals surface area contributed by atoms with Crippen LogP contribution in [0.1, 0.15) is 36.7 Å². The molecule has 0 amide bonds. The minimum atomic E-state index is -0.334. The monoisotopic (exact) mass is 272 g/mol. The number of nitrogens with zero attached hydrogens (tertiary/aromatic N) is 1. The maximum absolute atomic E-state index is 12.0. The van der Waals surface area contributed by atoms with Crippen LogP contribution in [0.25, 0.3) is 10.9 Å². The lowest BCUT2D eigenvalue weighted by molar-refractivity contribution is 0.0527. The lowest BCUT2D eigenvalue weighted by Gasteiger charge is -2.14. The second kappa shape index (κ2) is 6.37. The molecule has 0 spiro atoms. The number of carbonyl (C=O) groups excluding carboxylic acids is 1. The number of aryl methyl sites for hydroxylation is 1. The third-order valence-electron chi connectivity index (χ3n) is 3.21. The smallest absolute Gasteiger partial charge is 0.341 e. The summed E-state index contributed by atoms with van der Waals surface area (Å²) in [5, 5.41) is 4.24. The van der Waals surface area contributed by atoms with Gasteiger partial charge in [-0.15, -0.1) is 0 Å². The zero-order valence-corrected chi connectivity index (χ0v) is 12.2. The van der Waals surface area contributed by atoms with Crippen molar-refractivity contribution in [1.29, 1.82) is 0 Å². The van der Waals surface area contributed by atoms with Gasteiger partial charge in [0.15, 0.2) is 0 Å². The molecule has 4 nitrogen and oxygen atoms in total. The van der Waals surface area contributed by atoms with Crippen LogP contribution in [0.5, 0.6) is 0 Å². The predicted octanol–water partition coefficient (Wildman–Crippen LogP) is 3.41. The molecule has 2 aromatic rings. The van der Waals surface area contributed by atoms with E-state index in [2.05, 4.69) is 23.3 Å². The summed E-state index contributed by atoms with van der Waals surface area (Å²) < 4.78 is 5.10. The van der Waals surface area contributed by atoms with Gasteiger partial charge >= 0.3 is 5.97 Å². The molecule has 2 rings (SSSR count). The van der Waals surface area contributed by atoms with E-state index in [1.165, 1.54) is 5.56 Å². The van der Waals surface area contributed by atoms with Crippen molar-refractivity contribution >= 4 is 22.6 Å². The molecule has 20 heavy (non-hydrogen) atoms. The highest BCUT2D eigenvalue weighted by atomic mass is 16.5. The molecule has 0 atom stereocenters. The highest BCUT2D eigenvalue weighted by molar-refractivity contribution is 6.05. The Labute approximate surface area is 119 Å². The molecule has 4 heteroatoms. The Morgan fingerprint density at radius 3 is 2.75 bits per heavy atom. The summed E-state index contributed by atoms with van der Waals surface area (Å²) in [5.74, 6) is -0.334. The molecule has 1 heterocycles. The lowest BCUT2D eigenvalue weighted by atomic mass is 10.0. The Morgan fingerprint density at radius 1 is 1.30 bits per heavy atom. The zero-order valence-electron chi connectivity index (χ0n) is 12.2. The minimum absolute atomic E-state index is 0.334. The number of esters is 1. The Hall–Kier alpha value is -2.10. The second-order valence-corrected chi connectivity index (χ2v) is 4.46. The molecule has 0 unspecified atom stereocenters. The standard InChI is InChI=1S/C16H20N2O2/c1-4-11-8-7-9-12-14(11)18-10-13(15(12)17-5-2)16(19)20-6-3/h7-10H,4-6H2,1-3H3,(H,17,18). The van der Waals surface area contributed by atoms with E-state index in [0.717, 1.165) is 29.6 Å². The average molecular weight is 272 g/mol. The van der Waals surface area contributed by atoms with Gasteiger partial charge in [-0.25, -0.2) is 4.79 Å². The van der Waals surface area contributed by atoms with E-state index in [4.69, 9.17) is 4.74 Å². The van der Waals surface area contributed by atoms with Crippen LogP contribution < -0.4 is 5.32 Å². The van der Waals surface area contributed by atoms with Crippen LogP contribution in [0.3, 0.4) is 0 Å². The molecule has 0 saturated heterocycles. The Kier molecular flexibility index (Phi) is 4.56. The zero-order chi connectivity index (χ0) is 14.5. The summed E-state index contributed by atoms with van der Waals surface area (Å²) in [6, 6.07) is 6.05. The maximum atomic E-state index is 12.0. The maximum Gasteiger partial charge on any atom is 0.341 e. The van der Waals surface area contributed by atoms with Crippen LogP contribution in [0, 0.1) is 0 Å². The number of hydrogen-bond donors (Lipinski definition) is 1. The summed E-state index contributed by atoms with van der Waals surface area (Å²) in [6.45, 7) is 7.00. The molecular weight excluding hydrogens is 252 g/mol. The van der Waals surface area contributed by atoms with Crippen LogP contribution in [-0.4, -0.2) is 24.1 Å². The van der Waals surface area contributed by atoms with Crippen LogP contribution in [0.15, 0.2) is 24.4 Å². The molecule has 0 radical (unpaired) electrons. The van der Waals surface area contributed by atoms with Crippen molar-refractivity contribution in [3.8, 4) is 0 Å². The van der Waals surface area contributed by atoms with Crippen molar-refractivity contribution < 1.29 is 9.53 Å². The van der Waals surface area contributed by atoms with Gasteiger partial charge in [-0.1, -0.05) is 25.1 Å². The van der Waals surface area contributed by atoms with Crippen LogP contribution in [0.4, 0.5) is 5.69 Å². The van der Waals surface area contributed by atoms with E-state index in [0.29, 0.717) is 12.2 Å². The summed E-state index contributed by atoms with van der Waals surface area (Å²) in [4.78, 5) is 16.5. The van der Waals surface area contributed by atoms with Crippen molar-refractivity contribution in [2.24, 2.45) is 0 Å². The molecule has 1 aromatic carbocycles. The summed E-state index contributed by atoms with van der Waals surface area (Å²) in [7, 11) is 0. The van der Waals surface area contributed by atoms with Crippen molar-refractivity contribution in [3.05, 3.63) is 35.5 Å². The number of fused-ring (bicyclic) bond motifs is 1. The number of rotatable bonds is 5. The van der Waals surface area contributed by atoms with Crippen molar-refractivity contribution in [2.45, 2.75) is 27.2 Å². The highest BCUT2D eigenvalue weighted by Crippen LogP contribution is 2.28. The third kappa shape index (κ3) is 2.59. The van der Waals surface area contributed by atoms with Gasteiger partial charge in [0.2, 0.25) is 0 Å². The largest absolute Gasteiger partial charge is 0.462 e. The van der Waals surface area contributed by atoms with Gasteiger partial charge in [-0.05, 0) is 25.8 Å². The first-order chi connectivity index (χ1) is 9.72. The molecule has 106 valence electrons. The van der Waals surface area contributed by atoms with Crippen LogP contribution in [0.2, 0.25) is 0 Å². The Morgan fingerprint density at radius 2 is 2.10 bits per heavy atom. The van der Waals surface area contributed by atoms with Gasteiger partial charge in [-0.3, -0.25) is 4.98 Å². The van der Waals surface area contributed by atoms with Gasteiger partial charge in [0.25, 0.3) is 0 Å². The fraction of sp³-hybridized carbons (Fsp3) is 0.375. The van der Waals surface area contributed by atoms with Crippen molar-refractivity contribution in [3.63, 3.8) is 0 Å². The number of carbonyl (C=O) groups is 1. The van der Waals surface area contributed by atoms with Crippen LogP contribution in [-0.2, 0) is 11.2 Å². The molecule has 0 aliphatic heterocycles. The number of benzene rings is 1. The number of pyridine rings is 1. The second-order valence-electron chi connectivity index (χ2n) is 4.46. The quantitative estimate of drug-likeness (QED) is 0.847. The third-order valence-corrected chi connectivity index (χ3v) is 3.21. The molecule has 0 fully saturated rings. The molecule has 1 N–H and O–H groups in total. The number of hydrogen-bond acceptors (Lipinski definition) is 4.